The van der Waals surface area contributed by atoms with Gasteiger partial charge in [0.15, 0.2) is 5.16 Å². The molecule has 1 aliphatic rings. The molecule has 0 radical (unpaired) electrons. The highest BCUT2D eigenvalue weighted by Gasteiger charge is 2.15. The normalized spacial score (nSPS) is 16.4. The first kappa shape index (κ1) is 14.1. The zero-order valence-corrected chi connectivity index (χ0v) is 11.6. The fraction of sp³-hybridized carbons (Fsp3) is 0.615. The number of hydrogen-bond acceptors (Lipinski definition) is 4. The lowest BCUT2D eigenvalue weighted by Crippen LogP contribution is -2.19. The van der Waals surface area contributed by atoms with E-state index < -0.39 is 5.97 Å². The second kappa shape index (κ2) is 6.75. The molecule has 0 unspecified atom stereocenters. The van der Waals surface area contributed by atoms with Gasteiger partial charge in [-0.05, 0) is 18.8 Å². The molecule has 1 N–H and O–H groups in total. The molecule has 1 aromatic heterocycles. The summed E-state index contributed by atoms with van der Waals surface area (Å²) >= 11 is 1.11. The predicted molar refractivity (Wildman–Crippen MR) is 73.4 cm³/mol. The summed E-state index contributed by atoms with van der Waals surface area (Å²) in [6.07, 6.45) is 7.96. The summed E-state index contributed by atoms with van der Waals surface area (Å²) in [6.45, 7) is 0.829. The molecular formula is C13H18N2O3S. The van der Waals surface area contributed by atoms with Crippen molar-refractivity contribution in [2.24, 2.45) is 5.92 Å². The van der Waals surface area contributed by atoms with Crippen molar-refractivity contribution in [2.45, 2.75) is 43.8 Å². The van der Waals surface area contributed by atoms with Crippen LogP contribution in [0.25, 0.3) is 0 Å². The van der Waals surface area contributed by atoms with E-state index in [0.717, 1.165) is 18.3 Å². The minimum Gasteiger partial charge on any atom is -0.481 e. The topological polar surface area (TPSA) is 72.2 Å². The Labute approximate surface area is 116 Å². The monoisotopic (exact) mass is 282 g/mol. The zero-order valence-electron chi connectivity index (χ0n) is 10.7. The second-order valence-corrected chi connectivity index (χ2v) is 5.83. The van der Waals surface area contributed by atoms with Crippen LogP contribution in [0.3, 0.4) is 0 Å². The van der Waals surface area contributed by atoms with Crippen LogP contribution in [-0.2, 0) is 11.3 Å². The van der Waals surface area contributed by atoms with Crippen molar-refractivity contribution in [1.29, 1.82) is 0 Å². The molecule has 0 amide bonds. The van der Waals surface area contributed by atoms with Gasteiger partial charge in [-0.3, -0.25) is 9.59 Å². The fourth-order valence-corrected chi connectivity index (χ4v) is 3.15. The van der Waals surface area contributed by atoms with E-state index in [1.807, 2.05) is 4.57 Å². The minimum atomic E-state index is -0.896. The highest BCUT2D eigenvalue weighted by atomic mass is 32.2. The summed E-state index contributed by atoms with van der Waals surface area (Å²) in [7, 11) is 0. The van der Waals surface area contributed by atoms with Crippen molar-refractivity contribution in [2.75, 3.05) is 5.75 Å². The standard InChI is InChI=1S/C13H18N2O3S/c16-11-6-7-15(8-10-4-2-1-3-5-10)13(14-11)19-9-12(17)18/h6-7,10H,1-5,8-9H2,(H,17,18). The molecule has 6 heteroatoms. The molecule has 0 aliphatic heterocycles. The van der Waals surface area contributed by atoms with Crippen molar-refractivity contribution in [3.8, 4) is 0 Å². The third-order valence-corrected chi connectivity index (χ3v) is 4.33. The summed E-state index contributed by atoms with van der Waals surface area (Å²) in [5, 5.41) is 9.23. The Morgan fingerprint density at radius 2 is 2.16 bits per heavy atom. The van der Waals surface area contributed by atoms with Gasteiger partial charge in [0.2, 0.25) is 0 Å². The van der Waals surface area contributed by atoms with Crippen molar-refractivity contribution < 1.29 is 9.90 Å². The van der Waals surface area contributed by atoms with Crippen LogP contribution in [0.2, 0.25) is 0 Å². The average molecular weight is 282 g/mol. The molecule has 19 heavy (non-hydrogen) atoms. The number of carboxylic acid groups (broad SMARTS) is 1. The smallest absolute Gasteiger partial charge is 0.313 e. The Balaban J connectivity index is 2.08. The van der Waals surface area contributed by atoms with E-state index in [4.69, 9.17) is 5.11 Å². The Morgan fingerprint density at radius 1 is 1.42 bits per heavy atom. The molecule has 5 nitrogen and oxygen atoms in total. The van der Waals surface area contributed by atoms with E-state index in [1.54, 1.807) is 6.20 Å². The Kier molecular flexibility index (Phi) is 5.01. The van der Waals surface area contributed by atoms with Crippen LogP contribution in [0, 0.1) is 5.92 Å². The van der Waals surface area contributed by atoms with E-state index >= 15 is 0 Å². The van der Waals surface area contributed by atoms with E-state index in [0.29, 0.717) is 11.1 Å². The first-order valence-electron chi connectivity index (χ1n) is 6.57. The quantitative estimate of drug-likeness (QED) is 0.660. The zero-order chi connectivity index (χ0) is 13.7. The number of hydrogen-bond donors (Lipinski definition) is 1. The van der Waals surface area contributed by atoms with Crippen LogP contribution in [0.15, 0.2) is 22.2 Å². The lowest BCUT2D eigenvalue weighted by molar-refractivity contribution is -0.133. The van der Waals surface area contributed by atoms with Crippen LogP contribution in [0.1, 0.15) is 32.1 Å². The molecule has 0 atom stereocenters. The molecule has 1 aromatic rings. The molecule has 1 aliphatic carbocycles. The second-order valence-electron chi connectivity index (χ2n) is 4.89. The summed E-state index contributed by atoms with van der Waals surface area (Å²) in [5.74, 6) is -0.351. The number of carbonyl (C=O) groups is 1. The van der Waals surface area contributed by atoms with E-state index in [2.05, 4.69) is 4.98 Å². The molecule has 1 heterocycles. The van der Waals surface area contributed by atoms with Crippen LogP contribution >= 0.6 is 11.8 Å². The third-order valence-electron chi connectivity index (χ3n) is 3.35. The molecule has 0 aromatic carbocycles. The molecule has 0 bridgehead atoms. The number of aromatic nitrogens is 2. The van der Waals surface area contributed by atoms with Gasteiger partial charge in [-0.2, -0.15) is 4.98 Å². The molecule has 2 rings (SSSR count). The summed E-state index contributed by atoms with van der Waals surface area (Å²) in [5.41, 5.74) is -0.312. The van der Waals surface area contributed by atoms with E-state index in [-0.39, 0.29) is 11.3 Å². The largest absolute Gasteiger partial charge is 0.481 e. The van der Waals surface area contributed by atoms with Gasteiger partial charge in [0, 0.05) is 18.8 Å². The average Bonchev–Trinajstić information content (AvgIpc) is 2.40. The highest BCUT2D eigenvalue weighted by molar-refractivity contribution is 7.99. The van der Waals surface area contributed by atoms with Gasteiger partial charge in [-0.25, -0.2) is 0 Å². The Hall–Kier alpha value is -1.30. The summed E-state index contributed by atoms with van der Waals surface area (Å²) in [4.78, 5) is 25.8. The van der Waals surface area contributed by atoms with E-state index in [1.165, 1.54) is 38.2 Å². The van der Waals surface area contributed by atoms with Crippen LogP contribution < -0.4 is 5.56 Å². The minimum absolute atomic E-state index is 0.0683. The van der Waals surface area contributed by atoms with Gasteiger partial charge in [-0.1, -0.05) is 31.0 Å². The number of thioether (sulfide) groups is 1. The number of rotatable bonds is 5. The predicted octanol–water partition coefficient (Wildman–Crippen LogP) is 2.00. The maximum absolute atomic E-state index is 11.3. The summed E-state index contributed by atoms with van der Waals surface area (Å²) in [6, 6.07) is 1.44. The summed E-state index contributed by atoms with van der Waals surface area (Å²) < 4.78 is 1.92. The first-order valence-corrected chi connectivity index (χ1v) is 7.56. The van der Waals surface area contributed by atoms with Crippen LogP contribution in [0.5, 0.6) is 0 Å². The van der Waals surface area contributed by atoms with Gasteiger partial charge >= 0.3 is 5.97 Å². The van der Waals surface area contributed by atoms with Gasteiger partial charge in [-0.15, -0.1) is 0 Å². The lowest BCUT2D eigenvalue weighted by Gasteiger charge is -2.23. The maximum Gasteiger partial charge on any atom is 0.313 e. The van der Waals surface area contributed by atoms with Crippen LogP contribution in [-0.4, -0.2) is 26.4 Å². The van der Waals surface area contributed by atoms with Gasteiger partial charge in [0.1, 0.15) is 0 Å². The van der Waals surface area contributed by atoms with Crippen molar-refractivity contribution >= 4 is 17.7 Å². The first-order chi connectivity index (χ1) is 9.15. The molecular weight excluding hydrogens is 264 g/mol. The number of nitrogens with zero attached hydrogens (tertiary/aromatic N) is 2. The van der Waals surface area contributed by atoms with Gasteiger partial charge in [0.25, 0.3) is 5.56 Å². The molecule has 104 valence electrons. The van der Waals surface area contributed by atoms with Crippen molar-refractivity contribution in [3.63, 3.8) is 0 Å². The van der Waals surface area contributed by atoms with Gasteiger partial charge < -0.3 is 9.67 Å². The molecule has 0 spiro atoms. The number of carboxylic acids is 1. The van der Waals surface area contributed by atoms with Crippen molar-refractivity contribution in [1.82, 2.24) is 9.55 Å². The van der Waals surface area contributed by atoms with Crippen LogP contribution in [0.4, 0.5) is 0 Å². The van der Waals surface area contributed by atoms with Gasteiger partial charge in [0.05, 0.1) is 5.75 Å². The molecule has 0 saturated heterocycles. The molecule has 1 fully saturated rings. The van der Waals surface area contributed by atoms with E-state index in [9.17, 15) is 9.59 Å². The van der Waals surface area contributed by atoms with Crippen molar-refractivity contribution in [3.05, 3.63) is 22.6 Å². The third kappa shape index (κ3) is 4.38. The fourth-order valence-electron chi connectivity index (χ4n) is 2.44. The SMILES string of the molecule is O=C(O)CSc1nc(=O)ccn1CC1CCCCC1. The maximum atomic E-state index is 11.3. The Bertz CT molecular complexity index is 495. The number of aliphatic carboxylic acids is 1. The lowest BCUT2D eigenvalue weighted by atomic mass is 9.89. The Morgan fingerprint density at radius 3 is 2.84 bits per heavy atom. The molecule has 1 saturated carbocycles. The highest BCUT2D eigenvalue weighted by Crippen LogP contribution is 2.26.